The van der Waals surface area contributed by atoms with Gasteiger partial charge in [0.1, 0.15) is 0 Å². The minimum atomic E-state index is 1.05. The number of hydrogen-bond donors (Lipinski definition) is 0. The van der Waals surface area contributed by atoms with Crippen molar-refractivity contribution in [1.82, 2.24) is 0 Å². The van der Waals surface area contributed by atoms with Crippen LogP contribution < -0.4 is 0 Å². The number of hydrogen-bond acceptors (Lipinski definition) is 2. The van der Waals surface area contributed by atoms with Gasteiger partial charge in [-0.15, -0.1) is 11.8 Å². The maximum Gasteiger partial charge on any atom is 0.0240 e. The quantitative estimate of drug-likeness (QED) is 0.686. The molecule has 2 rings (SSSR count). The van der Waals surface area contributed by atoms with Crippen molar-refractivity contribution in [3.8, 4) is 0 Å². The molecule has 0 saturated heterocycles. The van der Waals surface area contributed by atoms with E-state index in [1.54, 1.807) is 11.3 Å². The van der Waals surface area contributed by atoms with Crippen molar-refractivity contribution in [3.63, 3.8) is 0 Å². The van der Waals surface area contributed by atoms with Crippen LogP contribution in [-0.2, 0) is 5.75 Å². The third-order valence-corrected chi connectivity index (χ3v) is 3.43. The Morgan fingerprint density at radius 2 is 2.31 bits per heavy atom. The molecule has 1 aromatic carbocycles. The molecule has 0 nitrogen and oxygen atoms in total. The van der Waals surface area contributed by atoms with Crippen LogP contribution in [0.3, 0.4) is 0 Å². The van der Waals surface area contributed by atoms with E-state index in [0.717, 1.165) is 5.75 Å². The van der Waals surface area contributed by atoms with Gasteiger partial charge in [0.25, 0.3) is 0 Å². The molecule has 2 aromatic rings. The Morgan fingerprint density at radius 3 is 3.00 bits per heavy atom. The molecule has 0 aliphatic heterocycles. The van der Waals surface area contributed by atoms with Crippen molar-refractivity contribution in [2.45, 2.75) is 10.6 Å². The highest BCUT2D eigenvalue weighted by atomic mass is 32.2. The highest BCUT2D eigenvalue weighted by molar-refractivity contribution is 7.98. The second-order valence-corrected chi connectivity index (χ2v) is 4.44. The lowest BCUT2D eigenvalue weighted by atomic mass is 10.4. The molecule has 1 heterocycles. The van der Waals surface area contributed by atoms with Crippen LogP contribution in [0.5, 0.6) is 0 Å². The van der Waals surface area contributed by atoms with Gasteiger partial charge in [0.15, 0.2) is 0 Å². The number of thioether (sulfide) groups is 1. The molecule has 0 N–H and O–H groups in total. The van der Waals surface area contributed by atoms with Crippen LogP contribution in [-0.4, -0.2) is 0 Å². The molecule has 0 spiro atoms. The standard InChI is InChI=1S/C11H9S2/c1-2-4-11(5-3-1)13-9-10-6-7-12-8-10/h1-4,6-8H,9H2. The van der Waals surface area contributed by atoms with Gasteiger partial charge in [-0.1, -0.05) is 18.2 Å². The monoisotopic (exact) mass is 205 g/mol. The lowest BCUT2D eigenvalue weighted by Crippen LogP contribution is -1.74. The summed E-state index contributed by atoms with van der Waals surface area (Å²) in [5, 5.41) is 4.31. The van der Waals surface area contributed by atoms with Crippen LogP contribution >= 0.6 is 23.1 Å². The van der Waals surface area contributed by atoms with Crippen LogP contribution in [0.4, 0.5) is 0 Å². The lowest BCUT2D eigenvalue weighted by molar-refractivity contribution is 1.40. The lowest BCUT2D eigenvalue weighted by Gasteiger charge is -1.97. The minimum absolute atomic E-state index is 1.05. The van der Waals surface area contributed by atoms with E-state index < -0.39 is 0 Å². The van der Waals surface area contributed by atoms with E-state index in [2.05, 4.69) is 29.0 Å². The van der Waals surface area contributed by atoms with Gasteiger partial charge in [-0.3, -0.25) is 0 Å². The van der Waals surface area contributed by atoms with Gasteiger partial charge in [-0.25, -0.2) is 0 Å². The summed E-state index contributed by atoms with van der Waals surface area (Å²) < 4.78 is 0. The summed E-state index contributed by atoms with van der Waals surface area (Å²) in [6.45, 7) is 0. The number of thiophene rings is 1. The van der Waals surface area contributed by atoms with Gasteiger partial charge in [0, 0.05) is 10.6 Å². The molecule has 0 atom stereocenters. The maximum atomic E-state index is 3.20. The zero-order valence-corrected chi connectivity index (χ0v) is 8.70. The molecule has 0 aliphatic carbocycles. The van der Waals surface area contributed by atoms with Gasteiger partial charge in [0.2, 0.25) is 0 Å². The molecule has 13 heavy (non-hydrogen) atoms. The predicted octanol–water partition coefficient (Wildman–Crippen LogP) is 3.84. The molecule has 1 aromatic heterocycles. The zero-order valence-electron chi connectivity index (χ0n) is 7.07. The van der Waals surface area contributed by atoms with Crippen LogP contribution in [0.1, 0.15) is 5.56 Å². The average molecular weight is 205 g/mol. The topological polar surface area (TPSA) is 0 Å². The van der Waals surface area contributed by atoms with Gasteiger partial charge in [0.05, 0.1) is 0 Å². The number of benzene rings is 1. The Morgan fingerprint density at radius 1 is 1.31 bits per heavy atom. The largest absolute Gasteiger partial charge is 0.152 e. The maximum absolute atomic E-state index is 3.20. The van der Waals surface area contributed by atoms with Crippen molar-refractivity contribution in [1.29, 1.82) is 0 Å². The SMILES string of the molecule is [c]1ccccc1SCc1ccsc1. The molecule has 0 fully saturated rings. The van der Waals surface area contributed by atoms with E-state index in [4.69, 9.17) is 0 Å². The smallest absolute Gasteiger partial charge is 0.0240 e. The van der Waals surface area contributed by atoms with E-state index in [9.17, 15) is 0 Å². The second kappa shape index (κ2) is 4.49. The van der Waals surface area contributed by atoms with E-state index in [1.807, 2.05) is 30.0 Å². The highest BCUT2D eigenvalue weighted by Gasteiger charge is 1.95. The Labute approximate surface area is 86.6 Å². The summed E-state index contributed by atoms with van der Waals surface area (Å²) in [6, 6.07) is 13.5. The van der Waals surface area contributed by atoms with Crippen molar-refractivity contribution in [3.05, 3.63) is 52.7 Å². The van der Waals surface area contributed by atoms with Crippen molar-refractivity contribution < 1.29 is 0 Å². The summed E-state index contributed by atoms with van der Waals surface area (Å²) in [6.07, 6.45) is 0. The van der Waals surface area contributed by atoms with Crippen LogP contribution in [0.15, 0.2) is 46.0 Å². The van der Waals surface area contributed by atoms with Gasteiger partial charge in [-0.05, 0) is 34.5 Å². The molecule has 2 heteroatoms. The first-order chi connectivity index (χ1) is 6.45. The summed E-state index contributed by atoms with van der Waals surface area (Å²) in [4.78, 5) is 1.22. The Balaban J connectivity index is 1.94. The summed E-state index contributed by atoms with van der Waals surface area (Å²) in [7, 11) is 0. The van der Waals surface area contributed by atoms with E-state index >= 15 is 0 Å². The summed E-state index contributed by atoms with van der Waals surface area (Å²) in [5.41, 5.74) is 1.40. The van der Waals surface area contributed by atoms with E-state index in [-0.39, 0.29) is 0 Å². The second-order valence-electron chi connectivity index (χ2n) is 2.65. The zero-order chi connectivity index (χ0) is 8.93. The number of rotatable bonds is 3. The molecule has 0 saturated carbocycles. The molecule has 1 radical (unpaired) electrons. The Bertz CT molecular complexity index is 338. The fourth-order valence-corrected chi connectivity index (χ4v) is 2.60. The summed E-state index contributed by atoms with van der Waals surface area (Å²) in [5.74, 6) is 1.05. The molecule has 0 unspecified atom stereocenters. The van der Waals surface area contributed by atoms with Gasteiger partial charge in [-0.2, -0.15) is 11.3 Å². The van der Waals surface area contributed by atoms with Crippen molar-refractivity contribution >= 4 is 23.1 Å². The first kappa shape index (κ1) is 8.85. The minimum Gasteiger partial charge on any atom is -0.152 e. The molecular weight excluding hydrogens is 196 g/mol. The summed E-state index contributed by atoms with van der Waals surface area (Å²) >= 11 is 3.58. The average Bonchev–Trinajstić information content (AvgIpc) is 2.69. The van der Waals surface area contributed by atoms with Crippen LogP contribution in [0.25, 0.3) is 0 Å². The van der Waals surface area contributed by atoms with Crippen molar-refractivity contribution in [2.24, 2.45) is 0 Å². The third-order valence-electron chi connectivity index (χ3n) is 1.65. The Kier molecular flexibility index (Phi) is 3.06. The van der Waals surface area contributed by atoms with Crippen molar-refractivity contribution in [2.75, 3.05) is 0 Å². The van der Waals surface area contributed by atoms with Crippen LogP contribution in [0.2, 0.25) is 0 Å². The normalized spacial score (nSPS) is 10.2. The molecule has 65 valence electrons. The highest BCUT2D eigenvalue weighted by Crippen LogP contribution is 2.22. The van der Waals surface area contributed by atoms with Gasteiger partial charge >= 0.3 is 0 Å². The molecule has 0 amide bonds. The van der Waals surface area contributed by atoms with Gasteiger partial charge < -0.3 is 0 Å². The molecule has 0 bridgehead atoms. The fraction of sp³-hybridized carbons (Fsp3) is 0.0909. The first-order valence-corrected chi connectivity index (χ1v) is 5.98. The third kappa shape index (κ3) is 2.61. The molecular formula is C11H9S2. The predicted molar refractivity (Wildman–Crippen MR) is 59.2 cm³/mol. The molecule has 0 aliphatic rings. The first-order valence-electron chi connectivity index (χ1n) is 4.06. The van der Waals surface area contributed by atoms with Crippen LogP contribution in [0, 0.1) is 6.07 Å². The van der Waals surface area contributed by atoms with E-state index in [1.165, 1.54) is 10.5 Å². The fourth-order valence-electron chi connectivity index (χ4n) is 1.00. The van der Waals surface area contributed by atoms with E-state index in [0.29, 0.717) is 0 Å². The Hall–Kier alpha value is -0.730.